The second kappa shape index (κ2) is 38.4. The zero-order chi connectivity index (χ0) is 49.7. The van der Waals surface area contributed by atoms with Gasteiger partial charge in [0.2, 0.25) is 11.8 Å². The van der Waals surface area contributed by atoms with Gasteiger partial charge >= 0.3 is 0 Å². The summed E-state index contributed by atoms with van der Waals surface area (Å²) in [6.07, 6.45) is 18.6. The maximum atomic E-state index is 12.6. The first-order chi connectivity index (χ1) is 30.7. The lowest BCUT2D eigenvalue weighted by atomic mass is 10.0. The van der Waals surface area contributed by atoms with Crippen LogP contribution in [0.3, 0.4) is 0 Å². The van der Waals surface area contributed by atoms with E-state index in [1.807, 2.05) is 123 Å². The van der Waals surface area contributed by atoms with E-state index in [0.717, 1.165) is 72.6 Å². The highest BCUT2D eigenvalue weighted by atomic mass is 35.5. The molecule has 0 radical (unpaired) electrons. The highest BCUT2D eigenvalue weighted by molar-refractivity contribution is 8.23. The average Bonchev–Trinajstić information content (AvgIpc) is 3.23. The highest BCUT2D eigenvalue weighted by Crippen LogP contribution is 2.29. The number of allylic oxidation sites excluding steroid dienone is 7. The fourth-order valence-corrected chi connectivity index (χ4v) is 7.10. The van der Waals surface area contributed by atoms with Crippen molar-refractivity contribution < 1.29 is 23.9 Å². The molecule has 2 amide bonds. The molecule has 1 saturated heterocycles. The number of nitrogens with zero attached hydrogens (tertiary/aromatic N) is 1. The smallest absolute Gasteiger partial charge is 0.293 e. The van der Waals surface area contributed by atoms with Gasteiger partial charge in [-0.3, -0.25) is 19.3 Å². The third-order valence-electron chi connectivity index (χ3n) is 8.25. The molecule has 0 spiro atoms. The minimum absolute atomic E-state index is 0.0783. The normalized spacial score (nSPS) is 13.6. The van der Waals surface area contributed by atoms with Gasteiger partial charge < -0.3 is 25.4 Å². The molecule has 1 fully saturated rings. The summed E-state index contributed by atoms with van der Waals surface area (Å²) in [5, 5.41) is 11.8. The number of nitrogens with one attached hydrogen (secondary N) is 3. The van der Waals surface area contributed by atoms with E-state index < -0.39 is 0 Å². The molecule has 0 saturated carbocycles. The van der Waals surface area contributed by atoms with E-state index >= 15 is 0 Å². The Morgan fingerprint density at radius 3 is 1.97 bits per heavy atom. The molecular formula is C53H85ClN4O5S2. The number of halogens is 1. The molecule has 366 valence electrons. The van der Waals surface area contributed by atoms with Crippen LogP contribution in [-0.4, -0.2) is 72.9 Å². The van der Waals surface area contributed by atoms with Gasteiger partial charge in [-0.15, -0.1) is 11.8 Å². The highest BCUT2D eigenvalue weighted by Gasteiger charge is 2.21. The van der Waals surface area contributed by atoms with Crippen LogP contribution in [0.5, 0.6) is 5.75 Å². The number of ether oxygens (including phenoxy) is 2. The van der Waals surface area contributed by atoms with E-state index in [4.69, 9.17) is 16.3 Å². The molecule has 2 aromatic carbocycles. The quantitative estimate of drug-likeness (QED) is 0.105. The summed E-state index contributed by atoms with van der Waals surface area (Å²) < 4.78 is 11.3. The summed E-state index contributed by atoms with van der Waals surface area (Å²) in [4.78, 5) is 35.8. The molecule has 0 bridgehead atoms. The summed E-state index contributed by atoms with van der Waals surface area (Å²) >= 11 is 9.54. The van der Waals surface area contributed by atoms with Crippen molar-refractivity contribution in [3.63, 3.8) is 0 Å². The van der Waals surface area contributed by atoms with E-state index in [1.54, 1.807) is 23.5 Å². The number of hydrogen-bond donors (Lipinski definition) is 3. The van der Waals surface area contributed by atoms with Crippen molar-refractivity contribution in [2.24, 2.45) is 0 Å². The molecule has 1 aliphatic rings. The SMILES string of the molecule is C/C=C(/S/C=C/C=C/C=C\C(=C/CC)NC(C)=O)SCC(=O)NC1CCN(Cc2ccc(CC)c(Cl)c2)CC1.CC(C)(C)OC=O.CCC.CCNC.Cc1ccc(OC(C)(C)C)cc1. The molecule has 65 heavy (non-hydrogen) atoms. The van der Waals surface area contributed by atoms with Crippen LogP contribution >= 0.6 is 35.1 Å². The van der Waals surface area contributed by atoms with Crippen LogP contribution in [0.25, 0.3) is 0 Å². The van der Waals surface area contributed by atoms with Crippen molar-refractivity contribution in [2.75, 3.05) is 32.4 Å². The first-order valence-electron chi connectivity index (χ1n) is 22.9. The van der Waals surface area contributed by atoms with Crippen LogP contribution < -0.4 is 20.7 Å². The van der Waals surface area contributed by atoms with Crippen molar-refractivity contribution in [2.45, 2.75) is 153 Å². The number of carbonyl (C=O) groups is 3. The Balaban J connectivity index is 0. The third kappa shape index (κ3) is 38.1. The Morgan fingerprint density at radius 2 is 1.51 bits per heavy atom. The predicted octanol–water partition coefficient (Wildman–Crippen LogP) is 13.1. The van der Waals surface area contributed by atoms with Gasteiger partial charge in [-0.05, 0) is 135 Å². The maximum Gasteiger partial charge on any atom is 0.293 e. The zero-order valence-electron chi connectivity index (χ0n) is 42.6. The molecule has 0 unspecified atom stereocenters. The predicted molar refractivity (Wildman–Crippen MR) is 285 cm³/mol. The van der Waals surface area contributed by atoms with Gasteiger partial charge in [0.25, 0.3) is 6.47 Å². The molecule has 1 aliphatic heterocycles. The molecule has 1 heterocycles. The summed E-state index contributed by atoms with van der Waals surface area (Å²) in [7, 11) is 1.93. The minimum Gasteiger partial charge on any atom is -0.488 e. The van der Waals surface area contributed by atoms with Crippen LogP contribution in [0.15, 0.2) is 100 Å². The van der Waals surface area contributed by atoms with Crippen LogP contribution in [0.1, 0.15) is 132 Å². The Morgan fingerprint density at radius 1 is 0.908 bits per heavy atom. The van der Waals surface area contributed by atoms with Crippen LogP contribution in [0, 0.1) is 6.92 Å². The van der Waals surface area contributed by atoms with Crippen molar-refractivity contribution >= 4 is 53.4 Å². The summed E-state index contributed by atoms with van der Waals surface area (Å²) in [5.74, 6) is 1.36. The molecule has 0 atom stereocenters. The van der Waals surface area contributed by atoms with E-state index in [-0.39, 0.29) is 29.1 Å². The molecule has 2 aromatic rings. The molecule has 12 heteroatoms. The van der Waals surface area contributed by atoms with Gasteiger partial charge in [0.05, 0.1) is 5.75 Å². The minimum atomic E-state index is -0.318. The second-order valence-corrected chi connectivity index (χ2v) is 19.6. The van der Waals surface area contributed by atoms with Crippen LogP contribution in [0.4, 0.5) is 0 Å². The monoisotopic (exact) mass is 957 g/mol. The van der Waals surface area contributed by atoms with Gasteiger partial charge in [0.15, 0.2) is 0 Å². The number of likely N-dealkylation sites (tertiary alicyclic amines) is 1. The fraction of sp³-hybridized carbons (Fsp3) is 0.528. The van der Waals surface area contributed by atoms with Gasteiger partial charge in [0, 0.05) is 47.6 Å². The van der Waals surface area contributed by atoms with E-state index in [2.05, 4.69) is 90.5 Å². The first kappa shape index (κ1) is 63.3. The standard InChI is InChI=1S/C31H42ClN3O2S2.C11H16O.C5H10O2.C3H9N.C3H8/c1-5-12-27(33-24(4)36)13-10-8-9-11-20-38-31(7-3)39-23-30(37)34-28-16-18-35(19-17-28)22-25-14-15-26(6-2)29(32)21-25;1-9-5-7-10(8-6-9)12-11(2,3)4;1-5(2,3)7-4-6;1-3-4-2;1-3-2/h7-15,20-21,28H,5-6,16-19,22-23H2,1-4H3,(H,33,36)(H,34,37);5-8H,1-4H3;4H,1-3H3;4H,3H2,1-2H3;3H2,1-2H3/b9-8+,13-10-,20-11+,27-12+,31-7-;;;;. The summed E-state index contributed by atoms with van der Waals surface area (Å²) in [6.45, 7) is 32.0. The summed E-state index contributed by atoms with van der Waals surface area (Å²) in [6, 6.07) is 14.7. The Labute approximate surface area is 409 Å². The molecule has 0 aliphatic carbocycles. The molecule has 9 nitrogen and oxygen atoms in total. The number of aryl methyl sites for hydroxylation is 2. The van der Waals surface area contributed by atoms with E-state index in [9.17, 15) is 14.4 Å². The van der Waals surface area contributed by atoms with Gasteiger partial charge in [-0.1, -0.05) is 131 Å². The Hall–Kier alpha value is -3.74. The second-order valence-electron chi connectivity index (χ2n) is 17.0. The number of amides is 2. The van der Waals surface area contributed by atoms with Gasteiger partial charge in [0.1, 0.15) is 17.0 Å². The number of thioether (sulfide) groups is 2. The van der Waals surface area contributed by atoms with E-state index in [0.29, 0.717) is 12.2 Å². The largest absolute Gasteiger partial charge is 0.488 e. The van der Waals surface area contributed by atoms with Crippen LogP contribution in [0.2, 0.25) is 5.02 Å². The van der Waals surface area contributed by atoms with E-state index in [1.165, 1.54) is 30.0 Å². The van der Waals surface area contributed by atoms with Gasteiger partial charge in [-0.25, -0.2) is 0 Å². The average molecular weight is 958 g/mol. The molecule has 3 N–H and O–H groups in total. The van der Waals surface area contributed by atoms with Crippen molar-refractivity contribution in [1.82, 2.24) is 20.9 Å². The first-order valence-corrected chi connectivity index (χ1v) is 25.2. The number of hydrogen-bond acceptors (Lipinski definition) is 9. The van der Waals surface area contributed by atoms with Crippen molar-refractivity contribution in [1.29, 1.82) is 0 Å². The van der Waals surface area contributed by atoms with Crippen molar-refractivity contribution in [3.8, 4) is 5.75 Å². The Kier molecular flexibility index (Phi) is 37.4. The van der Waals surface area contributed by atoms with Gasteiger partial charge in [-0.2, -0.15) is 0 Å². The molecular weight excluding hydrogens is 872 g/mol. The number of benzene rings is 2. The lowest BCUT2D eigenvalue weighted by Crippen LogP contribution is -2.44. The lowest BCUT2D eigenvalue weighted by molar-refractivity contribution is -0.138. The van der Waals surface area contributed by atoms with Crippen LogP contribution in [-0.2, 0) is 32.1 Å². The third-order valence-corrected chi connectivity index (χ3v) is 10.9. The topological polar surface area (TPSA) is 109 Å². The lowest BCUT2D eigenvalue weighted by Gasteiger charge is -2.32. The number of rotatable bonds is 17. The number of carbonyl (C=O) groups excluding carboxylic acids is 3. The van der Waals surface area contributed by atoms with Crippen molar-refractivity contribution in [3.05, 3.63) is 122 Å². The summed E-state index contributed by atoms with van der Waals surface area (Å²) in [5.41, 5.74) is 4.07. The zero-order valence-corrected chi connectivity index (χ0v) is 45.0. The number of piperidine rings is 1. The molecule has 3 rings (SSSR count). The maximum absolute atomic E-state index is 12.6. The molecule has 0 aromatic heterocycles. The fourth-order valence-electron chi connectivity index (χ4n) is 5.19. The Bertz CT molecular complexity index is 1740.